The summed E-state index contributed by atoms with van der Waals surface area (Å²) in [5, 5.41) is 0.636. The van der Waals surface area contributed by atoms with E-state index in [2.05, 4.69) is 11.6 Å². The molecule has 0 saturated carbocycles. The summed E-state index contributed by atoms with van der Waals surface area (Å²) in [7, 11) is 3.27. The Morgan fingerprint density at radius 1 is 0.893 bits per heavy atom. The molecule has 1 aliphatic rings. The number of benzene rings is 2. The number of nitrogens with zero attached hydrogens (tertiary/aromatic N) is 3. The minimum atomic E-state index is -0.309. The van der Waals surface area contributed by atoms with Crippen LogP contribution >= 0.6 is 11.8 Å². The maximum absolute atomic E-state index is 12.6. The monoisotopic (exact) mass is 397 g/mol. The number of ether oxygens (including phenoxy) is 2. The van der Waals surface area contributed by atoms with Crippen molar-refractivity contribution in [2.24, 2.45) is 4.99 Å². The molecule has 0 spiro atoms. The van der Waals surface area contributed by atoms with Gasteiger partial charge < -0.3 is 14.4 Å². The Hall–Kier alpha value is -2.93. The van der Waals surface area contributed by atoms with Crippen LogP contribution < -0.4 is 9.47 Å². The molecule has 0 saturated heterocycles. The minimum Gasteiger partial charge on any atom is -0.497 e. The molecule has 0 atom stereocenters. The summed E-state index contributed by atoms with van der Waals surface area (Å²) in [5.41, 5.74) is 2.05. The number of amidine groups is 1. The van der Waals surface area contributed by atoms with Gasteiger partial charge in [0.15, 0.2) is 5.17 Å². The summed E-state index contributed by atoms with van der Waals surface area (Å²) >= 11 is 1.43. The molecule has 0 N–H and O–H groups in total. The van der Waals surface area contributed by atoms with Crippen molar-refractivity contribution in [1.29, 1.82) is 0 Å². The van der Waals surface area contributed by atoms with E-state index in [1.54, 1.807) is 19.1 Å². The molecule has 2 aromatic carbocycles. The molecule has 0 radical (unpaired) electrons. The highest BCUT2D eigenvalue weighted by Gasteiger charge is 2.30. The number of urea groups is 1. The second-order valence-electron chi connectivity index (χ2n) is 6.17. The molecule has 2 amide bonds. The number of rotatable bonds is 6. The lowest BCUT2D eigenvalue weighted by molar-refractivity contribution is 0.200. The number of carbonyl (C=O) groups excluding carboxylic acids is 1. The van der Waals surface area contributed by atoms with Crippen LogP contribution in [0.15, 0.2) is 65.9 Å². The summed E-state index contributed by atoms with van der Waals surface area (Å²) < 4.78 is 10.4. The smallest absolute Gasteiger partial charge is 0.351 e. The summed E-state index contributed by atoms with van der Waals surface area (Å²) in [6.45, 7) is 5.13. The molecule has 2 aromatic rings. The quantitative estimate of drug-likeness (QED) is 0.726. The number of thioether (sulfide) groups is 1. The van der Waals surface area contributed by atoms with Gasteiger partial charge in [-0.15, -0.1) is 0 Å². The average Bonchev–Trinajstić information content (AvgIpc) is 2.73. The molecule has 6 nitrogen and oxygen atoms in total. The minimum absolute atomic E-state index is 0.309. The average molecular weight is 398 g/mol. The summed E-state index contributed by atoms with van der Waals surface area (Å²) in [4.78, 5) is 20.4. The van der Waals surface area contributed by atoms with E-state index >= 15 is 0 Å². The predicted molar refractivity (Wildman–Crippen MR) is 113 cm³/mol. The highest BCUT2D eigenvalue weighted by molar-refractivity contribution is 8.13. The number of hydrogen-bond acceptors (Lipinski definition) is 5. The van der Waals surface area contributed by atoms with Crippen LogP contribution in [0.3, 0.4) is 0 Å². The number of hydrogen-bond donors (Lipinski definition) is 0. The van der Waals surface area contributed by atoms with E-state index in [1.165, 1.54) is 11.8 Å². The van der Waals surface area contributed by atoms with Gasteiger partial charge in [0.1, 0.15) is 17.3 Å². The molecule has 0 bridgehead atoms. The maximum Gasteiger partial charge on any atom is 0.351 e. The SMILES string of the molecule is C=C1N(Cc2ccc(OC)cc2)C(=O)N=C(SC)N1Cc1ccc(OC)cc1. The van der Waals surface area contributed by atoms with Gasteiger partial charge in [0.2, 0.25) is 0 Å². The van der Waals surface area contributed by atoms with E-state index in [1.807, 2.05) is 59.7 Å². The van der Waals surface area contributed by atoms with Crippen LogP contribution in [0.25, 0.3) is 0 Å². The Bertz CT molecular complexity index is 879. The maximum atomic E-state index is 12.6. The summed E-state index contributed by atoms with van der Waals surface area (Å²) in [5.74, 6) is 2.18. The van der Waals surface area contributed by atoms with Crippen molar-refractivity contribution in [2.45, 2.75) is 13.1 Å². The summed E-state index contributed by atoms with van der Waals surface area (Å²) in [6.07, 6.45) is 1.90. The fourth-order valence-corrected chi connectivity index (χ4v) is 3.43. The zero-order valence-electron chi connectivity index (χ0n) is 16.2. The predicted octanol–water partition coefficient (Wildman–Crippen LogP) is 4.33. The molecule has 0 fully saturated rings. The van der Waals surface area contributed by atoms with Gasteiger partial charge in [-0.25, -0.2) is 4.79 Å². The number of aliphatic imine (C=N–C) groups is 1. The largest absolute Gasteiger partial charge is 0.497 e. The molecule has 146 valence electrons. The highest BCUT2D eigenvalue weighted by Crippen LogP contribution is 2.27. The Kier molecular flexibility index (Phi) is 6.26. The Morgan fingerprint density at radius 2 is 1.36 bits per heavy atom. The summed E-state index contributed by atoms with van der Waals surface area (Å²) in [6, 6.07) is 15.1. The first-order chi connectivity index (χ1) is 13.5. The number of amides is 2. The van der Waals surface area contributed by atoms with Crippen LogP contribution in [0.4, 0.5) is 4.79 Å². The standard InChI is InChI=1S/C21H23N3O3S/c1-15-23(13-16-5-9-18(26-2)10-6-16)20(25)22-21(28-4)24(15)14-17-7-11-19(27-3)12-8-17/h5-12H,1,13-14H2,2-4H3. The van der Waals surface area contributed by atoms with Gasteiger partial charge in [0, 0.05) is 0 Å². The number of carbonyl (C=O) groups is 1. The van der Waals surface area contributed by atoms with E-state index in [0.29, 0.717) is 24.1 Å². The molecule has 0 aromatic heterocycles. The van der Waals surface area contributed by atoms with Gasteiger partial charge in [0.05, 0.1) is 27.3 Å². The van der Waals surface area contributed by atoms with Crippen molar-refractivity contribution in [3.05, 3.63) is 72.1 Å². The van der Waals surface area contributed by atoms with E-state index < -0.39 is 0 Å². The van der Waals surface area contributed by atoms with Gasteiger partial charge in [-0.1, -0.05) is 42.6 Å². The molecule has 3 rings (SSSR count). The van der Waals surface area contributed by atoms with Gasteiger partial charge in [-0.3, -0.25) is 4.90 Å². The topological polar surface area (TPSA) is 54.4 Å². The van der Waals surface area contributed by atoms with Gasteiger partial charge in [-0.05, 0) is 41.6 Å². The fourth-order valence-electron chi connectivity index (χ4n) is 2.87. The molecular weight excluding hydrogens is 374 g/mol. The van der Waals surface area contributed by atoms with Crippen molar-refractivity contribution < 1.29 is 14.3 Å². The van der Waals surface area contributed by atoms with Crippen molar-refractivity contribution in [3.8, 4) is 11.5 Å². The molecule has 0 aliphatic carbocycles. The third kappa shape index (κ3) is 4.31. The van der Waals surface area contributed by atoms with Crippen LogP contribution in [0.1, 0.15) is 11.1 Å². The van der Waals surface area contributed by atoms with Gasteiger partial charge in [0.25, 0.3) is 0 Å². The van der Waals surface area contributed by atoms with Crippen LogP contribution in [-0.4, -0.2) is 41.5 Å². The molecular formula is C21H23N3O3S. The molecule has 1 heterocycles. The van der Waals surface area contributed by atoms with E-state index in [0.717, 1.165) is 22.6 Å². The molecule has 28 heavy (non-hydrogen) atoms. The number of methoxy groups -OCH3 is 2. The van der Waals surface area contributed by atoms with Crippen molar-refractivity contribution in [1.82, 2.24) is 9.80 Å². The molecule has 1 aliphatic heterocycles. The first-order valence-corrected chi connectivity index (χ1v) is 9.94. The lowest BCUT2D eigenvalue weighted by Crippen LogP contribution is -2.44. The van der Waals surface area contributed by atoms with Gasteiger partial charge in [-0.2, -0.15) is 4.99 Å². The van der Waals surface area contributed by atoms with Gasteiger partial charge >= 0.3 is 6.03 Å². The lowest BCUT2D eigenvalue weighted by Gasteiger charge is -2.36. The van der Waals surface area contributed by atoms with Crippen LogP contribution in [0.2, 0.25) is 0 Å². The normalized spacial score (nSPS) is 14.2. The second kappa shape index (κ2) is 8.84. The van der Waals surface area contributed by atoms with Crippen molar-refractivity contribution in [3.63, 3.8) is 0 Å². The lowest BCUT2D eigenvalue weighted by atomic mass is 10.2. The van der Waals surface area contributed by atoms with Crippen LogP contribution in [0, 0.1) is 0 Å². The van der Waals surface area contributed by atoms with E-state index in [9.17, 15) is 4.79 Å². The third-order valence-corrected chi connectivity index (χ3v) is 5.14. The van der Waals surface area contributed by atoms with E-state index in [-0.39, 0.29) is 6.03 Å². The third-order valence-electron chi connectivity index (χ3n) is 4.46. The van der Waals surface area contributed by atoms with E-state index in [4.69, 9.17) is 9.47 Å². The molecule has 7 heteroatoms. The van der Waals surface area contributed by atoms with Crippen LogP contribution in [0.5, 0.6) is 11.5 Å². The zero-order chi connectivity index (χ0) is 20.1. The highest BCUT2D eigenvalue weighted by atomic mass is 32.2. The Morgan fingerprint density at radius 3 is 1.79 bits per heavy atom. The second-order valence-corrected chi connectivity index (χ2v) is 6.94. The Labute approximate surface area is 169 Å². The van der Waals surface area contributed by atoms with Crippen molar-refractivity contribution in [2.75, 3.05) is 20.5 Å². The first-order valence-electron chi connectivity index (χ1n) is 8.72. The first kappa shape index (κ1) is 19.8. The zero-order valence-corrected chi connectivity index (χ0v) is 17.0. The molecule has 0 unspecified atom stereocenters. The Balaban J connectivity index is 1.81. The van der Waals surface area contributed by atoms with Crippen molar-refractivity contribution >= 4 is 23.0 Å². The fraction of sp³-hybridized carbons (Fsp3) is 0.238. The van der Waals surface area contributed by atoms with Crippen LogP contribution in [-0.2, 0) is 13.1 Å².